The summed E-state index contributed by atoms with van der Waals surface area (Å²) in [6.45, 7) is 5.56. The maximum atomic E-state index is 13.1. The third-order valence-corrected chi connectivity index (χ3v) is 1.67. The van der Waals surface area contributed by atoms with E-state index in [4.69, 9.17) is 0 Å². The van der Waals surface area contributed by atoms with Gasteiger partial charge >= 0.3 is 5.88 Å². The van der Waals surface area contributed by atoms with Crippen LogP contribution in [0, 0.1) is 5.82 Å². The molecule has 1 rings (SSSR count). The Morgan fingerprint density at radius 3 is 2.42 bits per heavy atom. The Balaban J connectivity index is 3.26. The zero-order chi connectivity index (χ0) is 9.35. The average Bonchev–Trinajstić information content (AvgIpc) is 1.92. The maximum Gasteiger partial charge on any atom is 0.305 e. The van der Waals surface area contributed by atoms with Gasteiger partial charge in [-0.15, -0.1) is 0 Å². The van der Waals surface area contributed by atoms with Crippen LogP contribution in [0.1, 0.15) is 26.3 Å². The molecule has 0 spiro atoms. The van der Waals surface area contributed by atoms with Crippen LogP contribution in [0.15, 0.2) is 12.3 Å². The van der Waals surface area contributed by atoms with E-state index in [1.54, 1.807) is 0 Å². The fourth-order valence-corrected chi connectivity index (χ4v) is 1.00. The van der Waals surface area contributed by atoms with Crippen LogP contribution in [0.25, 0.3) is 0 Å². The fraction of sp³-hybridized carbons (Fsp3) is 0.444. The van der Waals surface area contributed by atoms with Gasteiger partial charge in [-0.3, -0.25) is 5.11 Å². The van der Waals surface area contributed by atoms with Crippen molar-refractivity contribution in [2.75, 3.05) is 0 Å². The molecule has 1 heterocycles. The Morgan fingerprint density at radius 1 is 1.42 bits per heavy atom. The Morgan fingerprint density at radius 2 is 2.00 bits per heavy atom. The van der Waals surface area contributed by atoms with Crippen molar-refractivity contribution in [3.8, 4) is 5.88 Å². The van der Waals surface area contributed by atoms with Gasteiger partial charge in [0.25, 0.3) is 0 Å². The SMILES string of the molecule is CC(C)(C)c1ccnc([O])c1F. The van der Waals surface area contributed by atoms with E-state index in [1.807, 2.05) is 20.8 Å². The van der Waals surface area contributed by atoms with Gasteiger partial charge in [0, 0.05) is 11.8 Å². The zero-order valence-electron chi connectivity index (χ0n) is 7.39. The molecule has 1 aromatic rings. The summed E-state index contributed by atoms with van der Waals surface area (Å²) in [6.07, 6.45) is 1.34. The van der Waals surface area contributed by atoms with Crippen molar-refractivity contribution in [1.82, 2.24) is 4.98 Å². The van der Waals surface area contributed by atoms with Gasteiger partial charge in [-0.05, 0) is 11.5 Å². The minimum atomic E-state index is -0.776. The molecule has 65 valence electrons. The van der Waals surface area contributed by atoms with Gasteiger partial charge in [-0.1, -0.05) is 20.8 Å². The molecule has 12 heavy (non-hydrogen) atoms. The lowest BCUT2D eigenvalue weighted by Crippen LogP contribution is -2.13. The first-order chi connectivity index (χ1) is 5.43. The third kappa shape index (κ3) is 1.55. The average molecular weight is 168 g/mol. The third-order valence-electron chi connectivity index (χ3n) is 1.67. The lowest BCUT2D eigenvalue weighted by molar-refractivity contribution is 0.307. The number of halogens is 1. The van der Waals surface area contributed by atoms with E-state index in [0.717, 1.165) is 0 Å². The summed E-state index contributed by atoms with van der Waals surface area (Å²) < 4.78 is 13.1. The first kappa shape index (κ1) is 8.97. The molecule has 0 saturated heterocycles. The first-order valence-electron chi connectivity index (χ1n) is 3.75. The molecule has 0 N–H and O–H groups in total. The van der Waals surface area contributed by atoms with Crippen molar-refractivity contribution in [1.29, 1.82) is 0 Å². The minimum Gasteiger partial charge on any atom is -0.264 e. The molecule has 0 aliphatic heterocycles. The maximum absolute atomic E-state index is 13.1. The molecule has 0 fully saturated rings. The molecular weight excluding hydrogens is 157 g/mol. The molecule has 0 atom stereocenters. The molecule has 0 aromatic carbocycles. The second kappa shape index (κ2) is 2.73. The highest BCUT2D eigenvalue weighted by atomic mass is 19.1. The Bertz CT molecular complexity index is 291. The minimum absolute atomic E-state index is 0.341. The summed E-state index contributed by atoms with van der Waals surface area (Å²) in [5.41, 5.74) is 0.0779. The van der Waals surface area contributed by atoms with Crippen LogP contribution in [0.4, 0.5) is 4.39 Å². The molecule has 0 saturated carbocycles. The normalized spacial score (nSPS) is 11.7. The summed E-state index contributed by atoms with van der Waals surface area (Å²) in [5.74, 6) is -1.51. The summed E-state index contributed by atoms with van der Waals surface area (Å²) >= 11 is 0. The number of hydrogen-bond donors (Lipinski definition) is 0. The van der Waals surface area contributed by atoms with E-state index >= 15 is 0 Å². The highest BCUT2D eigenvalue weighted by molar-refractivity contribution is 5.28. The Hall–Kier alpha value is -1.12. The van der Waals surface area contributed by atoms with E-state index < -0.39 is 11.7 Å². The molecular formula is C9H11FNO. The molecule has 2 nitrogen and oxygen atoms in total. The molecule has 0 unspecified atom stereocenters. The monoisotopic (exact) mass is 168 g/mol. The standard InChI is InChI=1S/C9H11FNO/c1-9(2,3)6-4-5-11-8(12)7(6)10/h4-5H,1-3H3. The van der Waals surface area contributed by atoms with Crippen LogP contribution in [0.5, 0.6) is 5.88 Å². The Labute approximate surface area is 71.1 Å². The van der Waals surface area contributed by atoms with Crippen LogP contribution in [0.3, 0.4) is 0 Å². The van der Waals surface area contributed by atoms with Crippen LogP contribution in [0.2, 0.25) is 0 Å². The quantitative estimate of drug-likeness (QED) is 0.586. The van der Waals surface area contributed by atoms with Crippen molar-refractivity contribution in [2.24, 2.45) is 0 Å². The second-order valence-corrected chi connectivity index (χ2v) is 3.73. The second-order valence-electron chi connectivity index (χ2n) is 3.73. The lowest BCUT2D eigenvalue weighted by atomic mass is 9.87. The predicted octanol–water partition coefficient (Wildman–Crippen LogP) is 2.66. The van der Waals surface area contributed by atoms with Crippen molar-refractivity contribution in [3.05, 3.63) is 23.6 Å². The van der Waals surface area contributed by atoms with E-state index in [9.17, 15) is 9.50 Å². The highest BCUT2D eigenvalue weighted by Gasteiger charge is 2.21. The van der Waals surface area contributed by atoms with Gasteiger partial charge in [0.1, 0.15) is 0 Å². The van der Waals surface area contributed by atoms with Crippen LogP contribution in [-0.4, -0.2) is 4.98 Å². The largest absolute Gasteiger partial charge is 0.305 e. The molecule has 1 radical (unpaired) electrons. The van der Waals surface area contributed by atoms with Gasteiger partial charge < -0.3 is 0 Å². The number of rotatable bonds is 0. The lowest BCUT2D eigenvalue weighted by Gasteiger charge is -2.18. The molecule has 0 aliphatic rings. The molecule has 3 heteroatoms. The van der Waals surface area contributed by atoms with E-state index in [1.165, 1.54) is 12.3 Å². The number of aromatic nitrogens is 1. The van der Waals surface area contributed by atoms with Gasteiger partial charge in [0.2, 0.25) is 0 Å². The van der Waals surface area contributed by atoms with Gasteiger partial charge in [-0.25, -0.2) is 9.37 Å². The van der Waals surface area contributed by atoms with E-state index in [-0.39, 0.29) is 5.41 Å². The van der Waals surface area contributed by atoms with Crippen molar-refractivity contribution >= 4 is 0 Å². The van der Waals surface area contributed by atoms with Gasteiger partial charge in [0.05, 0.1) is 0 Å². The topological polar surface area (TPSA) is 32.8 Å². The van der Waals surface area contributed by atoms with E-state index in [2.05, 4.69) is 4.98 Å². The van der Waals surface area contributed by atoms with Gasteiger partial charge in [-0.2, -0.15) is 0 Å². The van der Waals surface area contributed by atoms with Gasteiger partial charge in [0.15, 0.2) is 5.82 Å². The molecule has 0 bridgehead atoms. The van der Waals surface area contributed by atoms with Crippen molar-refractivity contribution in [3.63, 3.8) is 0 Å². The predicted molar refractivity (Wildman–Crippen MR) is 43.0 cm³/mol. The van der Waals surface area contributed by atoms with Crippen molar-refractivity contribution < 1.29 is 9.50 Å². The molecule has 0 aliphatic carbocycles. The first-order valence-corrected chi connectivity index (χ1v) is 3.75. The summed E-state index contributed by atoms with van der Waals surface area (Å²) in [4.78, 5) is 3.32. The Kier molecular flexibility index (Phi) is 2.04. The fourth-order valence-electron chi connectivity index (χ4n) is 1.00. The van der Waals surface area contributed by atoms with E-state index in [0.29, 0.717) is 5.56 Å². The smallest absolute Gasteiger partial charge is 0.264 e. The van der Waals surface area contributed by atoms with Crippen LogP contribution < -0.4 is 0 Å². The highest BCUT2D eigenvalue weighted by Crippen LogP contribution is 2.27. The van der Waals surface area contributed by atoms with Crippen LogP contribution in [-0.2, 0) is 10.5 Å². The number of hydrogen-bond acceptors (Lipinski definition) is 1. The zero-order valence-corrected chi connectivity index (χ0v) is 7.39. The summed E-state index contributed by atoms with van der Waals surface area (Å²) in [5, 5.41) is 10.8. The van der Waals surface area contributed by atoms with Crippen LogP contribution >= 0.6 is 0 Å². The summed E-state index contributed by atoms with van der Waals surface area (Å²) in [7, 11) is 0. The van der Waals surface area contributed by atoms with Crippen molar-refractivity contribution in [2.45, 2.75) is 26.2 Å². The molecule has 1 aromatic heterocycles. The number of nitrogens with zero attached hydrogens (tertiary/aromatic N) is 1. The number of pyridine rings is 1. The summed E-state index contributed by atoms with van der Waals surface area (Å²) in [6, 6.07) is 1.54. The molecule has 0 amide bonds.